The highest BCUT2D eigenvalue weighted by molar-refractivity contribution is 5.36. The Kier molecular flexibility index (Phi) is 5.63. The number of rotatable bonds is 6. The lowest BCUT2D eigenvalue weighted by atomic mass is 9.96. The van der Waals surface area contributed by atoms with Gasteiger partial charge in [0.25, 0.3) is 0 Å². The molecule has 0 amide bonds. The molecule has 0 saturated carbocycles. The van der Waals surface area contributed by atoms with Crippen molar-refractivity contribution in [3.63, 3.8) is 0 Å². The first-order valence-electron chi connectivity index (χ1n) is 6.42. The molecule has 1 nitrogen and oxygen atoms in total. The van der Waals surface area contributed by atoms with Crippen molar-refractivity contribution in [1.82, 2.24) is 0 Å². The first kappa shape index (κ1) is 13.6. The van der Waals surface area contributed by atoms with Crippen LogP contribution in [0.5, 0.6) is 5.75 Å². The molecular weight excluding hydrogens is 208 g/mol. The fraction of sp³-hybridized carbons (Fsp3) is 0.500. The lowest BCUT2D eigenvalue weighted by Gasteiger charge is -2.12. The van der Waals surface area contributed by atoms with Gasteiger partial charge in [-0.15, -0.1) is 12.3 Å². The fourth-order valence-corrected chi connectivity index (χ4v) is 1.83. The Labute approximate surface area is 105 Å². The zero-order valence-corrected chi connectivity index (χ0v) is 11.1. The molecule has 92 valence electrons. The van der Waals surface area contributed by atoms with Gasteiger partial charge in [0, 0.05) is 5.92 Å². The number of aryl methyl sites for hydroxylation is 1. The first-order valence-corrected chi connectivity index (χ1v) is 6.42. The predicted octanol–water partition coefficient (Wildman–Crippen LogP) is 3.85. The molecule has 17 heavy (non-hydrogen) atoms. The van der Waals surface area contributed by atoms with E-state index in [1.54, 1.807) is 0 Å². The third-order valence-electron chi connectivity index (χ3n) is 2.84. The lowest BCUT2D eigenvalue weighted by Crippen LogP contribution is -2.02. The van der Waals surface area contributed by atoms with Crippen LogP contribution in [0.15, 0.2) is 18.2 Å². The maximum atomic E-state index is 5.64. The van der Waals surface area contributed by atoms with Crippen LogP contribution in [0.2, 0.25) is 0 Å². The van der Waals surface area contributed by atoms with Gasteiger partial charge in [0.05, 0.1) is 6.61 Å². The maximum Gasteiger partial charge on any atom is 0.119 e. The monoisotopic (exact) mass is 230 g/mol. The van der Waals surface area contributed by atoms with Crippen molar-refractivity contribution < 1.29 is 4.74 Å². The summed E-state index contributed by atoms with van der Waals surface area (Å²) >= 11 is 0. The van der Waals surface area contributed by atoms with Crippen molar-refractivity contribution in [3.8, 4) is 18.1 Å². The average Bonchev–Trinajstić information content (AvgIpc) is 2.37. The number of hydrogen-bond acceptors (Lipinski definition) is 1. The fourth-order valence-electron chi connectivity index (χ4n) is 1.83. The normalized spacial score (nSPS) is 11.9. The SMILES string of the molecule is C#CC(C)Cc1ccc(OCCC)cc1CC. The van der Waals surface area contributed by atoms with E-state index in [9.17, 15) is 0 Å². The van der Waals surface area contributed by atoms with Crippen LogP contribution in [0, 0.1) is 18.3 Å². The van der Waals surface area contributed by atoms with E-state index in [4.69, 9.17) is 11.2 Å². The number of hydrogen-bond donors (Lipinski definition) is 0. The van der Waals surface area contributed by atoms with Crippen molar-refractivity contribution in [1.29, 1.82) is 0 Å². The molecule has 0 heterocycles. The van der Waals surface area contributed by atoms with E-state index in [1.807, 2.05) is 6.07 Å². The zero-order valence-electron chi connectivity index (χ0n) is 11.1. The minimum absolute atomic E-state index is 0.294. The third-order valence-corrected chi connectivity index (χ3v) is 2.84. The molecular formula is C16H22O. The molecule has 0 aliphatic carbocycles. The second-order valence-electron chi connectivity index (χ2n) is 4.40. The molecule has 0 aromatic heterocycles. The molecule has 1 atom stereocenters. The van der Waals surface area contributed by atoms with Crippen LogP contribution < -0.4 is 4.74 Å². The van der Waals surface area contributed by atoms with Gasteiger partial charge < -0.3 is 4.74 Å². The molecule has 0 aliphatic heterocycles. The van der Waals surface area contributed by atoms with Gasteiger partial charge in [-0.05, 0) is 42.5 Å². The van der Waals surface area contributed by atoms with Gasteiger partial charge in [0.2, 0.25) is 0 Å². The molecule has 0 radical (unpaired) electrons. The predicted molar refractivity (Wildman–Crippen MR) is 73.3 cm³/mol. The van der Waals surface area contributed by atoms with E-state index in [0.717, 1.165) is 31.6 Å². The van der Waals surface area contributed by atoms with Crippen molar-refractivity contribution in [2.24, 2.45) is 5.92 Å². The Morgan fingerprint density at radius 2 is 2.06 bits per heavy atom. The molecule has 0 aliphatic rings. The van der Waals surface area contributed by atoms with Crippen molar-refractivity contribution in [3.05, 3.63) is 29.3 Å². The van der Waals surface area contributed by atoms with Gasteiger partial charge in [0.1, 0.15) is 5.75 Å². The van der Waals surface area contributed by atoms with Crippen LogP contribution in [0.4, 0.5) is 0 Å². The van der Waals surface area contributed by atoms with Gasteiger partial charge in [-0.25, -0.2) is 0 Å². The summed E-state index contributed by atoms with van der Waals surface area (Å²) in [6.45, 7) is 7.15. The van der Waals surface area contributed by atoms with Gasteiger partial charge in [0.15, 0.2) is 0 Å². The topological polar surface area (TPSA) is 9.23 Å². The summed E-state index contributed by atoms with van der Waals surface area (Å²) in [6.07, 6.45) is 8.45. The van der Waals surface area contributed by atoms with Crippen LogP contribution in [0.3, 0.4) is 0 Å². The minimum Gasteiger partial charge on any atom is -0.494 e. The summed E-state index contributed by atoms with van der Waals surface area (Å²) < 4.78 is 5.64. The van der Waals surface area contributed by atoms with Crippen LogP contribution in [0.1, 0.15) is 38.3 Å². The summed E-state index contributed by atoms with van der Waals surface area (Å²) in [5.74, 6) is 4.05. The van der Waals surface area contributed by atoms with E-state index in [2.05, 4.69) is 38.8 Å². The number of benzene rings is 1. The second-order valence-corrected chi connectivity index (χ2v) is 4.40. The molecule has 1 aromatic carbocycles. The summed E-state index contributed by atoms with van der Waals surface area (Å²) in [7, 11) is 0. The first-order chi connectivity index (χ1) is 8.21. The smallest absolute Gasteiger partial charge is 0.119 e. The standard InChI is InChI=1S/C16H22O/c1-5-10-17-16-9-8-15(11-13(4)6-2)14(7-3)12-16/h2,8-9,12-13H,5,7,10-11H2,1,3-4H3. The third kappa shape index (κ3) is 4.15. The number of terminal acetylenes is 1. The van der Waals surface area contributed by atoms with E-state index in [-0.39, 0.29) is 0 Å². The minimum atomic E-state index is 0.294. The zero-order chi connectivity index (χ0) is 12.7. The Morgan fingerprint density at radius 1 is 1.29 bits per heavy atom. The van der Waals surface area contributed by atoms with Crippen LogP contribution in [-0.4, -0.2) is 6.61 Å². The molecule has 1 unspecified atom stereocenters. The van der Waals surface area contributed by atoms with Crippen molar-refractivity contribution in [2.75, 3.05) is 6.61 Å². The molecule has 1 rings (SSSR count). The van der Waals surface area contributed by atoms with Crippen LogP contribution in [0.25, 0.3) is 0 Å². The maximum absolute atomic E-state index is 5.64. The lowest BCUT2D eigenvalue weighted by molar-refractivity contribution is 0.317. The number of ether oxygens (including phenoxy) is 1. The highest BCUT2D eigenvalue weighted by atomic mass is 16.5. The van der Waals surface area contributed by atoms with Gasteiger partial charge in [-0.3, -0.25) is 0 Å². The molecule has 0 fully saturated rings. The largest absolute Gasteiger partial charge is 0.494 e. The van der Waals surface area contributed by atoms with E-state index in [1.165, 1.54) is 11.1 Å². The Bertz CT molecular complexity index is 387. The van der Waals surface area contributed by atoms with Crippen LogP contribution >= 0.6 is 0 Å². The molecule has 1 heteroatoms. The van der Waals surface area contributed by atoms with E-state index >= 15 is 0 Å². The summed E-state index contributed by atoms with van der Waals surface area (Å²) in [5, 5.41) is 0. The van der Waals surface area contributed by atoms with Crippen molar-refractivity contribution >= 4 is 0 Å². The van der Waals surface area contributed by atoms with Gasteiger partial charge in [-0.1, -0.05) is 26.8 Å². The van der Waals surface area contributed by atoms with Crippen molar-refractivity contribution in [2.45, 2.75) is 40.0 Å². The van der Waals surface area contributed by atoms with E-state index in [0.29, 0.717) is 5.92 Å². The average molecular weight is 230 g/mol. The quantitative estimate of drug-likeness (QED) is 0.674. The Morgan fingerprint density at radius 3 is 2.65 bits per heavy atom. The molecule has 0 bridgehead atoms. The molecule has 0 N–H and O–H groups in total. The summed E-state index contributed by atoms with van der Waals surface area (Å²) in [6, 6.07) is 6.35. The Hall–Kier alpha value is -1.42. The molecule has 0 spiro atoms. The van der Waals surface area contributed by atoms with Gasteiger partial charge in [-0.2, -0.15) is 0 Å². The van der Waals surface area contributed by atoms with Gasteiger partial charge >= 0.3 is 0 Å². The Balaban J connectivity index is 2.82. The molecule has 0 saturated heterocycles. The van der Waals surface area contributed by atoms with E-state index < -0.39 is 0 Å². The van der Waals surface area contributed by atoms with Crippen LogP contribution in [-0.2, 0) is 12.8 Å². The summed E-state index contributed by atoms with van der Waals surface area (Å²) in [4.78, 5) is 0. The highest BCUT2D eigenvalue weighted by Gasteiger charge is 2.06. The summed E-state index contributed by atoms with van der Waals surface area (Å²) in [5.41, 5.74) is 2.70. The highest BCUT2D eigenvalue weighted by Crippen LogP contribution is 2.21. The molecule has 1 aromatic rings. The second kappa shape index (κ2) is 7.01.